The Morgan fingerprint density at radius 3 is 2.68 bits per heavy atom. The van der Waals surface area contributed by atoms with Gasteiger partial charge in [0, 0.05) is 10.9 Å². The minimum Gasteiger partial charge on any atom is -0.352 e. The van der Waals surface area contributed by atoms with Crippen molar-refractivity contribution in [2.75, 3.05) is 0 Å². The van der Waals surface area contributed by atoms with E-state index < -0.39 is 0 Å². The van der Waals surface area contributed by atoms with Gasteiger partial charge >= 0.3 is 0 Å². The summed E-state index contributed by atoms with van der Waals surface area (Å²) in [5, 5.41) is 3.84. The first-order chi connectivity index (χ1) is 10.5. The van der Waals surface area contributed by atoms with E-state index in [9.17, 15) is 4.79 Å². The highest BCUT2D eigenvalue weighted by atomic mass is 35.5. The number of carbonyl (C=O) groups is 1. The molecule has 2 fully saturated rings. The molecule has 2 nitrogen and oxygen atoms in total. The molecule has 0 saturated heterocycles. The number of rotatable bonds is 5. The van der Waals surface area contributed by atoms with Crippen LogP contribution >= 0.6 is 23.4 Å². The van der Waals surface area contributed by atoms with Gasteiger partial charge in [0.15, 0.2) is 0 Å². The Morgan fingerprint density at radius 1 is 1.27 bits per heavy atom. The maximum Gasteiger partial charge on any atom is 0.233 e. The minimum absolute atomic E-state index is 0.124. The maximum absolute atomic E-state index is 12.5. The third-order valence-electron chi connectivity index (χ3n) is 5.31. The summed E-state index contributed by atoms with van der Waals surface area (Å²) in [5.41, 5.74) is 0. The van der Waals surface area contributed by atoms with Crippen LogP contribution in [0.4, 0.5) is 0 Å². The number of hydrogen-bond donors (Lipinski definition) is 1. The molecule has 2 bridgehead atoms. The second kappa shape index (κ2) is 6.84. The Labute approximate surface area is 142 Å². The topological polar surface area (TPSA) is 29.1 Å². The molecule has 5 atom stereocenters. The summed E-state index contributed by atoms with van der Waals surface area (Å²) < 4.78 is 0. The van der Waals surface area contributed by atoms with Crippen molar-refractivity contribution >= 4 is 29.3 Å². The van der Waals surface area contributed by atoms with E-state index in [4.69, 9.17) is 11.6 Å². The standard InChI is InChI=1S/C18H24ClNOS/c1-11(15-10-13-7-8-14(15)9-13)20-18(21)12(2)22-17-6-4-3-5-16(17)19/h3-6,11-15H,7-10H2,1-2H3,(H,20,21)/t11-,12+,13+,14+,15-/m1/s1. The van der Waals surface area contributed by atoms with Gasteiger partial charge in [0.1, 0.15) is 0 Å². The summed E-state index contributed by atoms with van der Waals surface area (Å²) in [4.78, 5) is 13.4. The van der Waals surface area contributed by atoms with Crippen molar-refractivity contribution in [3.8, 4) is 0 Å². The molecule has 2 aliphatic rings. The van der Waals surface area contributed by atoms with E-state index in [0.29, 0.717) is 10.9 Å². The molecule has 0 aliphatic heterocycles. The van der Waals surface area contributed by atoms with Gasteiger partial charge in [-0.15, -0.1) is 11.8 Å². The van der Waals surface area contributed by atoms with Crippen LogP contribution in [0.2, 0.25) is 5.02 Å². The Balaban J connectivity index is 1.54. The van der Waals surface area contributed by atoms with Gasteiger partial charge < -0.3 is 5.32 Å². The SMILES string of the molecule is C[C@H](Sc1ccccc1Cl)C(=O)N[C@H](C)[C@H]1C[C@H]2CC[C@H]1C2. The maximum atomic E-state index is 12.5. The molecule has 2 aliphatic carbocycles. The number of amides is 1. The molecule has 120 valence electrons. The zero-order chi connectivity index (χ0) is 15.7. The molecular weight excluding hydrogens is 314 g/mol. The van der Waals surface area contributed by atoms with Crippen LogP contribution in [0, 0.1) is 17.8 Å². The smallest absolute Gasteiger partial charge is 0.233 e. The second-order valence-corrected chi connectivity index (χ2v) is 8.62. The van der Waals surface area contributed by atoms with E-state index in [1.807, 2.05) is 31.2 Å². The van der Waals surface area contributed by atoms with Crippen molar-refractivity contribution in [2.24, 2.45) is 17.8 Å². The third kappa shape index (κ3) is 3.46. The van der Waals surface area contributed by atoms with E-state index in [1.165, 1.54) is 37.4 Å². The number of benzene rings is 1. The van der Waals surface area contributed by atoms with Crippen LogP contribution < -0.4 is 5.32 Å². The van der Waals surface area contributed by atoms with Crippen LogP contribution in [0.15, 0.2) is 29.2 Å². The first-order valence-electron chi connectivity index (χ1n) is 8.26. The molecule has 0 heterocycles. The normalized spacial score (nSPS) is 29.3. The van der Waals surface area contributed by atoms with E-state index in [-0.39, 0.29) is 17.2 Å². The average Bonchev–Trinajstić information content (AvgIpc) is 3.12. The molecule has 3 rings (SSSR count). The van der Waals surface area contributed by atoms with Crippen molar-refractivity contribution in [3.05, 3.63) is 29.3 Å². The average molecular weight is 338 g/mol. The Morgan fingerprint density at radius 2 is 2.05 bits per heavy atom. The van der Waals surface area contributed by atoms with Crippen LogP contribution in [0.3, 0.4) is 0 Å². The van der Waals surface area contributed by atoms with Crippen molar-refractivity contribution in [3.63, 3.8) is 0 Å². The van der Waals surface area contributed by atoms with Gasteiger partial charge in [-0.2, -0.15) is 0 Å². The zero-order valence-electron chi connectivity index (χ0n) is 13.2. The Bertz CT molecular complexity index is 550. The van der Waals surface area contributed by atoms with Crippen molar-refractivity contribution in [1.29, 1.82) is 0 Å². The van der Waals surface area contributed by atoms with E-state index >= 15 is 0 Å². The first-order valence-corrected chi connectivity index (χ1v) is 9.52. The lowest BCUT2D eigenvalue weighted by Gasteiger charge is -2.29. The van der Waals surface area contributed by atoms with Gasteiger partial charge in [0.25, 0.3) is 0 Å². The summed E-state index contributed by atoms with van der Waals surface area (Å²) in [6.45, 7) is 4.13. The minimum atomic E-state index is -0.124. The van der Waals surface area contributed by atoms with E-state index in [1.54, 1.807) is 0 Å². The molecular formula is C18H24ClNOS. The quantitative estimate of drug-likeness (QED) is 0.785. The van der Waals surface area contributed by atoms with E-state index in [0.717, 1.165) is 16.7 Å². The van der Waals surface area contributed by atoms with Gasteiger partial charge in [-0.05, 0) is 63.0 Å². The Kier molecular flexibility index (Phi) is 5.03. The monoisotopic (exact) mass is 337 g/mol. The van der Waals surface area contributed by atoms with Crippen LogP contribution in [-0.4, -0.2) is 17.2 Å². The molecule has 0 aromatic heterocycles. The zero-order valence-corrected chi connectivity index (χ0v) is 14.8. The lowest BCUT2D eigenvalue weighted by Crippen LogP contribution is -2.43. The fourth-order valence-electron chi connectivity index (χ4n) is 4.14. The molecule has 0 radical (unpaired) electrons. The van der Waals surface area contributed by atoms with Gasteiger partial charge in [-0.3, -0.25) is 4.79 Å². The first kappa shape index (κ1) is 16.2. The molecule has 1 amide bonds. The molecule has 22 heavy (non-hydrogen) atoms. The van der Waals surface area contributed by atoms with Crippen molar-refractivity contribution < 1.29 is 4.79 Å². The largest absolute Gasteiger partial charge is 0.352 e. The highest BCUT2D eigenvalue weighted by molar-refractivity contribution is 8.00. The highest BCUT2D eigenvalue weighted by Gasteiger charge is 2.42. The van der Waals surface area contributed by atoms with Gasteiger partial charge in [-0.1, -0.05) is 30.2 Å². The number of hydrogen-bond acceptors (Lipinski definition) is 2. The highest BCUT2D eigenvalue weighted by Crippen LogP contribution is 2.49. The van der Waals surface area contributed by atoms with Crippen molar-refractivity contribution in [2.45, 2.75) is 55.7 Å². The summed E-state index contributed by atoms with van der Waals surface area (Å²) >= 11 is 7.71. The van der Waals surface area contributed by atoms with Gasteiger partial charge in [-0.25, -0.2) is 0 Å². The van der Waals surface area contributed by atoms with Gasteiger partial charge in [0.05, 0.1) is 10.3 Å². The molecule has 0 spiro atoms. The molecule has 1 N–H and O–H groups in total. The fourth-order valence-corrected chi connectivity index (χ4v) is 5.30. The summed E-state index contributed by atoms with van der Waals surface area (Å²) in [7, 11) is 0. The fraction of sp³-hybridized carbons (Fsp3) is 0.611. The van der Waals surface area contributed by atoms with Crippen LogP contribution in [0.1, 0.15) is 39.5 Å². The summed E-state index contributed by atoms with van der Waals surface area (Å²) in [6, 6.07) is 7.99. The summed E-state index contributed by atoms with van der Waals surface area (Å²) in [6.07, 6.45) is 5.45. The predicted octanol–water partition coefficient (Wildman–Crippen LogP) is 4.76. The van der Waals surface area contributed by atoms with Crippen molar-refractivity contribution in [1.82, 2.24) is 5.32 Å². The van der Waals surface area contributed by atoms with Crippen LogP contribution in [0.25, 0.3) is 0 Å². The number of carbonyl (C=O) groups excluding carboxylic acids is 1. The van der Waals surface area contributed by atoms with Gasteiger partial charge in [0.2, 0.25) is 5.91 Å². The summed E-state index contributed by atoms with van der Waals surface area (Å²) in [5.74, 6) is 2.57. The predicted molar refractivity (Wildman–Crippen MR) is 93.3 cm³/mol. The molecule has 0 unspecified atom stereocenters. The third-order valence-corrected chi connectivity index (χ3v) is 6.93. The number of halogens is 1. The lowest BCUT2D eigenvalue weighted by atomic mass is 9.84. The molecule has 1 aromatic carbocycles. The van der Waals surface area contributed by atoms with E-state index in [2.05, 4.69) is 12.2 Å². The second-order valence-electron chi connectivity index (χ2n) is 6.83. The Hall–Kier alpha value is -0.670. The number of nitrogens with one attached hydrogen (secondary N) is 1. The van der Waals surface area contributed by atoms with Crippen LogP contribution in [0.5, 0.6) is 0 Å². The molecule has 2 saturated carbocycles. The number of fused-ring (bicyclic) bond motifs is 2. The molecule has 1 aromatic rings. The lowest BCUT2D eigenvalue weighted by molar-refractivity contribution is -0.121. The number of thioether (sulfide) groups is 1. The molecule has 4 heteroatoms. The van der Waals surface area contributed by atoms with Crippen LogP contribution in [-0.2, 0) is 4.79 Å².